The molecule has 1 heterocycles. The van der Waals surface area contributed by atoms with Crippen LogP contribution in [0.1, 0.15) is 21.5 Å². The van der Waals surface area contributed by atoms with Crippen LogP contribution >= 0.6 is 0 Å². The van der Waals surface area contributed by atoms with Gasteiger partial charge in [-0.1, -0.05) is 12.1 Å². The van der Waals surface area contributed by atoms with Gasteiger partial charge in [0.25, 0.3) is 5.91 Å². The number of nitrogens with one attached hydrogen (secondary N) is 1. The van der Waals surface area contributed by atoms with Crippen LogP contribution in [0.25, 0.3) is 0 Å². The van der Waals surface area contributed by atoms with E-state index in [0.29, 0.717) is 12.2 Å². The predicted molar refractivity (Wildman–Crippen MR) is 71.0 cm³/mol. The predicted octanol–water partition coefficient (Wildman–Crippen LogP) is 2.04. The molecule has 0 saturated carbocycles. The van der Waals surface area contributed by atoms with Gasteiger partial charge in [-0.25, -0.2) is 4.39 Å². The van der Waals surface area contributed by atoms with E-state index in [0.717, 1.165) is 23.4 Å². The largest absolute Gasteiger partial charge is 0.399 e. The van der Waals surface area contributed by atoms with Crippen LogP contribution in [0.15, 0.2) is 36.7 Å². The fraction of sp³-hybridized carbons (Fsp3) is 0.143. The van der Waals surface area contributed by atoms with Crippen molar-refractivity contribution in [2.45, 2.75) is 13.5 Å². The number of nitrogens with zero attached hydrogens (tertiary/aromatic N) is 1. The molecule has 0 aliphatic rings. The molecule has 3 N–H and O–H groups in total. The third-order valence-electron chi connectivity index (χ3n) is 2.89. The Morgan fingerprint density at radius 1 is 1.42 bits per heavy atom. The van der Waals surface area contributed by atoms with E-state index >= 15 is 0 Å². The van der Waals surface area contributed by atoms with Crippen LogP contribution in [-0.2, 0) is 6.54 Å². The molecule has 5 heteroatoms. The zero-order valence-electron chi connectivity index (χ0n) is 10.5. The number of nitrogen functional groups attached to an aromatic ring is 1. The third kappa shape index (κ3) is 3.07. The number of anilines is 1. The van der Waals surface area contributed by atoms with Crippen LogP contribution in [0.5, 0.6) is 0 Å². The lowest BCUT2D eigenvalue weighted by molar-refractivity contribution is 0.0950. The number of benzene rings is 1. The molecule has 0 aliphatic heterocycles. The molecule has 2 aromatic rings. The second-order valence-electron chi connectivity index (χ2n) is 4.21. The van der Waals surface area contributed by atoms with Crippen molar-refractivity contribution in [3.05, 3.63) is 59.2 Å². The average molecular weight is 259 g/mol. The monoisotopic (exact) mass is 259 g/mol. The molecule has 0 atom stereocenters. The van der Waals surface area contributed by atoms with Gasteiger partial charge in [-0.05, 0) is 30.2 Å². The van der Waals surface area contributed by atoms with Crippen molar-refractivity contribution in [2.75, 3.05) is 5.73 Å². The molecule has 0 radical (unpaired) electrons. The van der Waals surface area contributed by atoms with E-state index in [9.17, 15) is 9.18 Å². The highest BCUT2D eigenvalue weighted by Gasteiger charge is 2.08. The number of pyridine rings is 1. The summed E-state index contributed by atoms with van der Waals surface area (Å²) in [5, 5.41) is 2.71. The van der Waals surface area contributed by atoms with Gasteiger partial charge < -0.3 is 11.1 Å². The maximum atomic E-state index is 12.9. The Morgan fingerprint density at radius 3 is 2.95 bits per heavy atom. The zero-order chi connectivity index (χ0) is 13.8. The van der Waals surface area contributed by atoms with Gasteiger partial charge in [0.15, 0.2) is 0 Å². The molecule has 0 fully saturated rings. The van der Waals surface area contributed by atoms with Crippen molar-refractivity contribution in [2.24, 2.45) is 0 Å². The second kappa shape index (κ2) is 5.48. The molecular formula is C14H14FN3O. The molecule has 1 aromatic heterocycles. The molecule has 1 aromatic carbocycles. The first-order chi connectivity index (χ1) is 9.08. The van der Waals surface area contributed by atoms with E-state index in [-0.39, 0.29) is 11.5 Å². The fourth-order valence-corrected chi connectivity index (χ4v) is 1.71. The number of carbonyl (C=O) groups excluding carboxylic acids is 1. The van der Waals surface area contributed by atoms with Gasteiger partial charge in [-0.3, -0.25) is 9.78 Å². The minimum absolute atomic E-state index is 0.196. The molecule has 0 saturated heterocycles. The zero-order valence-corrected chi connectivity index (χ0v) is 10.5. The van der Waals surface area contributed by atoms with Crippen molar-refractivity contribution in [3.8, 4) is 0 Å². The molecular weight excluding hydrogens is 245 g/mol. The number of halogens is 1. The number of nitrogens with two attached hydrogens (primary N) is 1. The van der Waals surface area contributed by atoms with Gasteiger partial charge in [0.1, 0.15) is 5.82 Å². The summed E-state index contributed by atoms with van der Waals surface area (Å²) < 4.78 is 12.9. The number of aromatic nitrogens is 1. The van der Waals surface area contributed by atoms with Gasteiger partial charge >= 0.3 is 0 Å². The van der Waals surface area contributed by atoms with E-state index in [4.69, 9.17) is 5.73 Å². The molecule has 0 aliphatic carbocycles. The van der Waals surface area contributed by atoms with E-state index in [2.05, 4.69) is 10.3 Å². The molecule has 1 amide bonds. The van der Waals surface area contributed by atoms with Gasteiger partial charge in [0.2, 0.25) is 0 Å². The van der Waals surface area contributed by atoms with Crippen molar-refractivity contribution < 1.29 is 9.18 Å². The number of hydrogen-bond acceptors (Lipinski definition) is 3. The Bertz CT molecular complexity index is 613. The minimum Gasteiger partial charge on any atom is -0.399 e. The first-order valence-electron chi connectivity index (χ1n) is 5.80. The molecule has 0 unspecified atom stereocenters. The lowest BCUT2D eigenvalue weighted by atomic mass is 10.1. The van der Waals surface area contributed by atoms with Gasteiger partial charge in [-0.2, -0.15) is 0 Å². The Labute approximate surface area is 110 Å². The first kappa shape index (κ1) is 13.0. The van der Waals surface area contributed by atoms with Crippen LogP contribution < -0.4 is 11.1 Å². The fourth-order valence-electron chi connectivity index (χ4n) is 1.71. The average Bonchev–Trinajstić information content (AvgIpc) is 2.40. The summed E-state index contributed by atoms with van der Waals surface area (Å²) in [5.74, 6) is -0.901. The quantitative estimate of drug-likeness (QED) is 0.829. The van der Waals surface area contributed by atoms with Crippen LogP contribution in [0.3, 0.4) is 0 Å². The lowest BCUT2D eigenvalue weighted by Crippen LogP contribution is -2.23. The molecule has 0 bridgehead atoms. The maximum Gasteiger partial charge on any atom is 0.253 e. The normalized spacial score (nSPS) is 10.2. The van der Waals surface area contributed by atoms with Crippen molar-refractivity contribution in [3.63, 3.8) is 0 Å². The Balaban J connectivity index is 2.07. The minimum atomic E-state index is -0.534. The summed E-state index contributed by atoms with van der Waals surface area (Å²) >= 11 is 0. The van der Waals surface area contributed by atoms with Gasteiger partial charge in [-0.15, -0.1) is 0 Å². The van der Waals surface area contributed by atoms with Crippen molar-refractivity contribution >= 4 is 11.6 Å². The number of carbonyl (C=O) groups is 1. The highest BCUT2D eigenvalue weighted by atomic mass is 19.1. The lowest BCUT2D eigenvalue weighted by Gasteiger charge is -2.09. The SMILES string of the molecule is Cc1c(N)cccc1CNC(=O)c1cncc(F)c1. The van der Waals surface area contributed by atoms with Gasteiger partial charge in [0, 0.05) is 18.4 Å². The molecule has 0 spiro atoms. The van der Waals surface area contributed by atoms with E-state index in [1.165, 1.54) is 6.20 Å². The topological polar surface area (TPSA) is 68.0 Å². The van der Waals surface area contributed by atoms with E-state index < -0.39 is 5.82 Å². The van der Waals surface area contributed by atoms with Gasteiger partial charge in [0.05, 0.1) is 11.8 Å². The number of rotatable bonds is 3. The standard InChI is InChI=1S/C14H14FN3O/c1-9-10(3-2-4-13(9)16)7-18-14(19)11-5-12(15)8-17-6-11/h2-6,8H,7,16H2,1H3,(H,18,19). The smallest absolute Gasteiger partial charge is 0.253 e. The molecule has 19 heavy (non-hydrogen) atoms. The van der Waals surface area contributed by atoms with Crippen LogP contribution in [0.4, 0.5) is 10.1 Å². The van der Waals surface area contributed by atoms with E-state index in [1.807, 2.05) is 19.1 Å². The highest BCUT2D eigenvalue weighted by Crippen LogP contribution is 2.15. The molecule has 4 nitrogen and oxygen atoms in total. The van der Waals surface area contributed by atoms with Crippen LogP contribution in [-0.4, -0.2) is 10.9 Å². The summed E-state index contributed by atoms with van der Waals surface area (Å²) in [6.07, 6.45) is 2.38. The summed E-state index contributed by atoms with van der Waals surface area (Å²) in [6, 6.07) is 6.66. The van der Waals surface area contributed by atoms with Crippen molar-refractivity contribution in [1.29, 1.82) is 0 Å². The van der Waals surface area contributed by atoms with Crippen LogP contribution in [0.2, 0.25) is 0 Å². The van der Waals surface area contributed by atoms with Crippen molar-refractivity contribution in [1.82, 2.24) is 10.3 Å². The Kier molecular flexibility index (Phi) is 3.75. The highest BCUT2D eigenvalue weighted by molar-refractivity contribution is 5.93. The number of hydrogen-bond donors (Lipinski definition) is 2. The Hall–Kier alpha value is -2.43. The second-order valence-corrected chi connectivity index (χ2v) is 4.21. The van der Waals surface area contributed by atoms with Crippen LogP contribution in [0, 0.1) is 12.7 Å². The van der Waals surface area contributed by atoms with E-state index in [1.54, 1.807) is 6.07 Å². The first-order valence-corrected chi connectivity index (χ1v) is 5.80. The summed E-state index contributed by atoms with van der Waals surface area (Å²) in [5.41, 5.74) is 8.52. The maximum absolute atomic E-state index is 12.9. The summed E-state index contributed by atoms with van der Waals surface area (Å²) in [7, 11) is 0. The molecule has 2 rings (SSSR count). The summed E-state index contributed by atoms with van der Waals surface area (Å²) in [4.78, 5) is 15.5. The molecule has 98 valence electrons. The number of amides is 1. The Morgan fingerprint density at radius 2 is 2.21 bits per heavy atom. The summed E-state index contributed by atoms with van der Waals surface area (Å²) in [6.45, 7) is 2.23. The third-order valence-corrected chi connectivity index (χ3v) is 2.89.